The lowest BCUT2D eigenvalue weighted by atomic mass is 9.82. The van der Waals surface area contributed by atoms with Gasteiger partial charge in [-0.15, -0.1) is 0 Å². The van der Waals surface area contributed by atoms with Gasteiger partial charge < -0.3 is 19.3 Å². The molecule has 0 aromatic carbocycles. The summed E-state index contributed by atoms with van der Waals surface area (Å²) in [6.07, 6.45) is -0.229. The first kappa shape index (κ1) is 9.57. The van der Waals surface area contributed by atoms with Gasteiger partial charge in [0.2, 0.25) is 0 Å². The smallest absolute Gasteiger partial charge is 0.338 e. The molecule has 84 valence electrons. The molecule has 2 bridgehead atoms. The van der Waals surface area contributed by atoms with E-state index in [1.807, 2.05) is 13.8 Å². The summed E-state index contributed by atoms with van der Waals surface area (Å²) in [6, 6.07) is 0. The maximum absolute atomic E-state index is 11.4. The first-order chi connectivity index (χ1) is 6.90. The van der Waals surface area contributed by atoms with Gasteiger partial charge in [-0.05, 0) is 13.8 Å². The molecule has 3 aliphatic rings. The molecule has 0 aromatic rings. The number of hydrogen-bond acceptors (Lipinski definition) is 5. The van der Waals surface area contributed by atoms with Gasteiger partial charge in [-0.1, -0.05) is 0 Å². The zero-order valence-corrected chi connectivity index (χ0v) is 8.73. The van der Waals surface area contributed by atoms with E-state index in [4.69, 9.17) is 14.2 Å². The van der Waals surface area contributed by atoms with E-state index in [0.29, 0.717) is 6.42 Å². The van der Waals surface area contributed by atoms with Gasteiger partial charge in [0.25, 0.3) is 0 Å². The second-order valence-corrected chi connectivity index (χ2v) is 5.02. The van der Waals surface area contributed by atoms with Crippen LogP contribution in [-0.4, -0.2) is 40.8 Å². The molecule has 3 fully saturated rings. The fourth-order valence-corrected chi connectivity index (χ4v) is 2.72. The van der Waals surface area contributed by atoms with Crippen LogP contribution in [0.25, 0.3) is 0 Å². The number of aliphatic hydroxyl groups is 1. The minimum atomic E-state index is -1.35. The Balaban J connectivity index is 1.90. The summed E-state index contributed by atoms with van der Waals surface area (Å²) in [5.74, 6) is -1.19. The second kappa shape index (κ2) is 2.53. The molecule has 0 unspecified atom stereocenters. The van der Waals surface area contributed by atoms with Crippen molar-refractivity contribution in [1.82, 2.24) is 0 Å². The molecule has 1 saturated carbocycles. The molecule has 15 heavy (non-hydrogen) atoms. The molecule has 3 rings (SSSR count). The van der Waals surface area contributed by atoms with Gasteiger partial charge >= 0.3 is 5.97 Å². The predicted octanol–water partition coefficient (Wildman–Crippen LogP) is -0.0432. The van der Waals surface area contributed by atoms with Gasteiger partial charge in [0.1, 0.15) is 12.2 Å². The number of ether oxygens (including phenoxy) is 3. The number of rotatable bonds is 0. The van der Waals surface area contributed by atoms with Gasteiger partial charge in [0, 0.05) is 12.8 Å². The Hall–Kier alpha value is -0.650. The zero-order chi connectivity index (χ0) is 10.8. The largest absolute Gasteiger partial charge is 0.457 e. The minimum absolute atomic E-state index is 0.230. The van der Waals surface area contributed by atoms with Crippen molar-refractivity contribution in [3.8, 4) is 0 Å². The van der Waals surface area contributed by atoms with Crippen LogP contribution in [0, 0.1) is 0 Å². The number of fused-ring (bicyclic) bond motifs is 4. The maximum atomic E-state index is 11.4. The van der Waals surface area contributed by atoms with Crippen molar-refractivity contribution >= 4 is 5.97 Å². The SMILES string of the molecule is CC1(C)O[C@@H]2[C@@H]3C[C@](O)(C[C@@H]2O1)C(=O)O3. The van der Waals surface area contributed by atoms with Crippen LogP contribution in [0.4, 0.5) is 0 Å². The quantitative estimate of drug-likeness (QED) is 0.573. The van der Waals surface area contributed by atoms with Crippen molar-refractivity contribution in [2.75, 3.05) is 0 Å². The number of hydrogen-bond donors (Lipinski definition) is 1. The first-order valence-corrected chi connectivity index (χ1v) is 5.19. The fourth-order valence-electron chi connectivity index (χ4n) is 2.72. The van der Waals surface area contributed by atoms with Gasteiger partial charge in [-0.3, -0.25) is 0 Å². The Labute approximate surface area is 87.3 Å². The van der Waals surface area contributed by atoms with Gasteiger partial charge in [0.15, 0.2) is 11.4 Å². The highest BCUT2D eigenvalue weighted by Gasteiger charge is 2.62. The molecule has 2 saturated heterocycles. The van der Waals surface area contributed by atoms with Gasteiger partial charge in [0.05, 0.1) is 6.10 Å². The number of esters is 1. The highest BCUT2D eigenvalue weighted by molar-refractivity contribution is 5.82. The summed E-state index contributed by atoms with van der Waals surface area (Å²) in [6.45, 7) is 3.65. The van der Waals surface area contributed by atoms with E-state index in [1.165, 1.54) is 0 Å². The lowest BCUT2D eigenvalue weighted by Gasteiger charge is -2.29. The van der Waals surface area contributed by atoms with Crippen molar-refractivity contribution in [3.63, 3.8) is 0 Å². The van der Waals surface area contributed by atoms with Crippen LogP contribution < -0.4 is 0 Å². The fraction of sp³-hybridized carbons (Fsp3) is 0.900. The minimum Gasteiger partial charge on any atom is -0.457 e. The van der Waals surface area contributed by atoms with Crippen molar-refractivity contribution in [2.24, 2.45) is 0 Å². The van der Waals surface area contributed by atoms with E-state index in [9.17, 15) is 9.90 Å². The highest BCUT2D eigenvalue weighted by Crippen LogP contribution is 2.46. The van der Waals surface area contributed by atoms with E-state index in [2.05, 4.69) is 0 Å². The summed E-state index contributed by atoms with van der Waals surface area (Å²) in [5, 5.41) is 10.00. The van der Waals surface area contributed by atoms with E-state index in [0.717, 1.165) is 0 Å². The average molecular weight is 214 g/mol. The van der Waals surface area contributed by atoms with Gasteiger partial charge in [-0.25, -0.2) is 4.79 Å². The zero-order valence-electron chi connectivity index (χ0n) is 8.73. The van der Waals surface area contributed by atoms with E-state index < -0.39 is 17.4 Å². The van der Waals surface area contributed by atoms with Crippen LogP contribution in [-0.2, 0) is 19.0 Å². The van der Waals surface area contributed by atoms with Crippen LogP contribution in [0.3, 0.4) is 0 Å². The van der Waals surface area contributed by atoms with Crippen molar-refractivity contribution in [3.05, 3.63) is 0 Å². The molecule has 2 heterocycles. The molecule has 1 N–H and O–H groups in total. The standard InChI is InChI=1S/C10H14O5/c1-9(2)14-6-4-10(12)3-5(7(6)15-9)13-8(10)11/h5-7,12H,3-4H2,1-2H3/t5-,6-,7+,10-/m0/s1. The van der Waals surface area contributed by atoms with Crippen molar-refractivity contribution < 1.29 is 24.1 Å². The Morgan fingerprint density at radius 1 is 1.27 bits per heavy atom. The summed E-state index contributed by atoms with van der Waals surface area (Å²) < 4.78 is 16.4. The van der Waals surface area contributed by atoms with E-state index in [1.54, 1.807) is 0 Å². The van der Waals surface area contributed by atoms with E-state index >= 15 is 0 Å². The van der Waals surface area contributed by atoms with Crippen molar-refractivity contribution in [1.29, 1.82) is 0 Å². The second-order valence-electron chi connectivity index (χ2n) is 5.02. The Morgan fingerprint density at radius 3 is 2.67 bits per heavy atom. The molecule has 0 amide bonds. The van der Waals surface area contributed by atoms with Crippen LogP contribution in [0.2, 0.25) is 0 Å². The first-order valence-electron chi connectivity index (χ1n) is 5.19. The normalized spacial score (nSPS) is 51.4. The molecular weight excluding hydrogens is 200 g/mol. The lowest BCUT2D eigenvalue weighted by molar-refractivity contribution is -0.171. The van der Waals surface area contributed by atoms with Crippen molar-refractivity contribution in [2.45, 2.75) is 56.4 Å². The summed E-state index contributed by atoms with van der Waals surface area (Å²) >= 11 is 0. The molecular formula is C10H14O5. The third-order valence-electron chi connectivity index (χ3n) is 3.30. The summed E-state index contributed by atoms with van der Waals surface area (Å²) in [4.78, 5) is 11.4. The molecule has 5 heteroatoms. The molecule has 2 aliphatic heterocycles. The average Bonchev–Trinajstić information content (AvgIpc) is 2.50. The Kier molecular flexibility index (Phi) is 1.62. The van der Waals surface area contributed by atoms with E-state index in [-0.39, 0.29) is 24.7 Å². The summed E-state index contributed by atoms with van der Waals surface area (Å²) in [7, 11) is 0. The third kappa shape index (κ3) is 1.23. The van der Waals surface area contributed by atoms with Crippen LogP contribution in [0.5, 0.6) is 0 Å². The molecule has 5 nitrogen and oxygen atoms in total. The maximum Gasteiger partial charge on any atom is 0.338 e. The predicted molar refractivity (Wildman–Crippen MR) is 47.9 cm³/mol. The van der Waals surface area contributed by atoms with Crippen LogP contribution in [0.15, 0.2) is 0 Å². The monoisotopic (exact) mass is 214 g/mol. The highest BCUT2D eigenvalue weighted by atomic mass is 16.8. The third-order valence-corrected chi connectivity index (χ3v) is 3.30. The summed E-state index contributed by atoms with van der Waals surface area (Å²) in [5.41, 5.74) is -1.35. The molecule has 0 radical (unpaired) electrons. The molecule has 4 atom stereocenters. The number of carbonyl (C=O) groups excluding carboxylic acids is 1. The topological polar surface area (TPSA) is 65.0 Å². The van der Waals surface area contributed by atoms with Gasteiger partial charge in [-0.2, -0.15) is 0 Å². The Morgan fingerprint density at radius 2 is 1.93 bits per heavy atom. The van der Waals surface area contributed by atoms with Crippen LogP contribution >= 0.6 is 0 Å². The lowest BCUT2D eigenvalue weighted by Crippen LogP contribution is -2.47. The molecule has 0 spiro atoms. The molecule has 1 aliphatic carbocycles. The molecule has 0 aromatic heterocycles. The Bertz CT molecular complexity index is 326. The van der Waals surface area contributed by atoms with Crippen LogP contribution in [0.1, 0.15) is 26.7 Å². The number of carbonyl (C=O) groups is 1.